The van der Waals surface area contributed by atoms with E-state index in [4.69, 9.17) is 15.2 Å². The number of halogens is 1. The van der Waals surface area contributed by atoms with Gasteiger partial charge >= 0.3 is 0 Å². The number of ether oxygens (including phenoxy) is 2. The minimum atomic E-state index is -0.734. The van der Waals surface area contributed by atoms with E-state index in [-0.39, 0.29) is 24.4 Å². The van der Waals surface area contributed by atoms with Gasteiger partial charge in [-0.3, -0.25) is 4.79 Å². The highest BCUT2D eigenvalue weighted by molar-refractivity contribution is 5.86. The van der Waals surface area contributed by atoms with E-state index in [1.807, 2.05) is 7.05 Å². The first-order valence-corrected chi connectivity index (χ1v) is 6.86. The summed E-state index contributed by atoms with van der Waals surface area (Å²) in [6, 6.07) is 0. The molecular weight excluding hydrogens is 268 g/mol. The average molecular weight is 293 g/mol. The van der Waals surface area contributed by atoms with Crippen molar-refractivity contribution in [1.82, 2.24) is 4.90 Å². The Morgan fingerprint density at radius 2 is 2.00 bits per heavy atom. The monoisotopic (exact) mass is 292 g/mol. The van der Waals surface area contributed by atoms with Crippen molar-refractivity contribution in [2.24, 2.45) is 5.73 Å². The molecule has 0 aliphatic carbocycles. The maximum absolute atomic E-state index is 12.4. The summed E-state index contributed by atoms with van der Waals surface area (Å²) in [5, 5.41) is 0. The van der Waals surface area contributed by atoms with Crippen LogP contribution in [0.2, 0.25) is 0 Å². The highest BCUT2D eigenvalue weighted by Crippen LogP contribution is 2.21. The lowest BCUT2D eigenvalue weighted by Crippen LogP contribution is -2.58. The van der Waals surface area contributed by atoms with Crippen LogP contribution in [0, 0.1) is 0 Å². The molecule has 1 unspecified atom stereocenters. The Hall–Kier alpha value is -0.360. The molecule has 6 heteroatoms. The lowest BCUT2D eigenvalue weighted by Gasteiger charge is -2.36. The number of amides is 1. The lowest BCUT2D eigenvalue weighted by molar-refractivity contribution is -0.141. The molecule has 0 bridgehead atoms. The van der Waals surface area contributed by atoms with E-state index in [1.165, 1.54) is 6.42 Å². The van der Waals surface area contributed by atoms with Gasteiger partial charge in [0, 0.05) is 33.4 Å². The molecule has 2 aliphatic heterocycles. The Bertz CT molecular complexity index is 290. The SMILES string of the molecule is CN(CC1CCCCO1)C(=O)C1(N)CCOCC1.Cl. The molecule has 5 nitrogen and oxygen atoms in total. The molecule has 19 heavy (non-hydrogen) atoms. The minimum Gasteiger partial charge on any atom is -0.381 e. The van der Waals surface area contributed by atoms with Crippen molar-refractivity contribution in [3.05, 3.63) is 0 Å². The normalized spacial score (nSPS) is 26.3. The topological polar surface area (TPSA) is 64.8 Å². The second-order valence-electron chi connectivity index (χ2n) is 5.44. The molecule has 2 fully saturated rings. The Labute approximate surface area is 121 Å². The van der Waals surface area contributed by atoms with Gasteiger partial charge in [0.15, 0.2) is 0 Å². The van der Waals surface area contributed by atoms with Crippen molar-refractivity contribution < 1.29 is 14.3 Å². The van der Waals surface area contributed by atoms with Gasteiger partial charge in [-0.15, -0.1) is 12.4 Å². The van der Waals surface area contributed by atoms with Crippen molar-refractivity contribution in [1.29, 1.82) is 0 Å². The summed E-state index contributed by atoms with van der Waals surface area (Å²) in [5.41, 5.74) is 5.46. The van der Waals surface area contributed by atoms with E-state index in [0.717, 1.165) is 19.4 Å². The summed E-state index contributed by atoms with van der Waals surface area (Å²) in [6.45, 7) is 2.62. The third-order valence-electron chi connectivity index (χ3n) is 3.91. The van der Waals surface area contributed by atoms with Gasteiger partial charge in [0.1, 0.15) is 0 Å². The fourth-order valence-corrected chi connectivity index (χ4v) is 2.67. The molecule has 2 saturated heterocycles. The van der Waals surface area contributed by atoms with Gasteiger partial charge < -0.3 is 20.1 Å². The minimum absolute atomic E-state index is 0. The molecule has 1 atom stereocenters. The van der Waals surface area contributed by atoms with Crippen LogP contribution in [-0.4, -0.2) is 55.9 Å². The van der Waals surface area contributed by atoms with Crippen molar-refractivity contribution in [2.75, 3.05) is 33.4 Å². The number of carbonyl (C=O) groups is 1. The summed E-state index contributed by atoms with van der Waals surface area (Å²) in [7, 11) is 1.82. The van der Waals surface area contributed by atoms with Gasteiger partial charge in [-0.05, 0) is 32.1 Å². The molecular formula is C13H25ClN2O3. The fourth-order valence-electron chi connectivity index (χ4n) is 2.67. The van der Waals surface area contributed by atoms with E-state index < -0.39 is 5.54 Å². The molecule has 0 aromatic carbocycles. The van der Waals surface area contributed by atoms with E-state index in [2.05, 4.69) is 0 Å². The largest absolute Gasteiger partial charge is 0.381 e. The van der Waals surface area contributed by atoms with Crippen LogP contribution >= 0.6 is 12.4 Å². The second kappa shape index (κ2) is 7.43. The highest BCUT2D eigenvalue weighted by atomic mass is 35.5. The number of carbonyl (C=O) groups excluding carboxylic acids is 1. The van der Waals surface area contributed by atoms with Gasteiger partial charge in [0.05, 0.1) is 11.6 Å². The zero-order valence-electron chi connectivity index (χ0n) is 11.6. The maximum Gasteiger partial charge on any atom is 0.242 e. The van der Waals surface area contributed by atoms with Gasteiger partial charge in [-0.2, -0.15) is 0 Å². The third kappa shape index (κ3) is 4.31. The van der Waals surface area contributed by atoms with Gasteiger partial charge in [0.25, 0.3) is 0 Å². The second-order valence-corrected chi connectivity index (χ2v) is 5.44. The van der Waals surface area contributed by atoms with Crippen molar-refractivity contribution in [3.8, 4) is 0 Å². The number of hydrogen-bond donors (Lipinski definition) is 1. The number of nitrogens with zero attached hydrogens (tertiary/aromatic N) is 1. The van der Waals surface area contributed by atoms with Crippen LogP contribution < -0.4 is 5.73 Å². The van der Waals surface area contributed by atoms with Crippen LogP contribution in [0.1, 0.15) is 32.1 Å². The summed E-state index contributed by atoms with van der Waals surface area (Å²) < 4.78 is 10.9. The van der Waals surface area contributed by atoms with Crippen molar-refractivity contribution >= 4 is 18.3 Å². The summed E-state index contributed by atoms with van der Waals surface area (Å²) in [6.07, 6.45) is 4.76. The average Bonchev–Trinajstić information content (AvgIpc) is 2.40. The smallest absolute Gasteiger partial charge is 0.242 e. The number of rotatable bonds is 3. The van der Waals surface area contributed by atoms with Gasteiger partial charge in [-0.25, -0.2) is 0 Å². The summed E-state index contributed by atoms with van der Waals surface area (Å²) >= 11 is 0. The summed E-state index contributed by atoms with van der Waals surface area (Å²) in [4.78, 5) is 14.1. The molecule has 2 N–H and O–H groups in total. The molecule has 2 rings (SSSR count). The van der Waals surface area contributed by atoms with Crippen LogP contribution in [0.3, 0.4) is 0 Å². The molecule has 112 valence electrons. The zero-order valence-corrected chi connectivity index (χ0v) is 12.4. The number of nitrogens with two attached hydrogens (primary N) is 1. The molecule has 2 heterocycles. The standard InChI is InChI=1S/C13H24N2O3.ClH/c1-15(10-11-4-2-3-7-18-11)12(16)13(14)5-8-17-9-6-13;/h11H,2-10,14H2,1H3;1H. The zero-order chi connectivity index (χ0) is 13.0. The van der Waals surface area contributed by atoms with Crippen molar-refractivity contribution in [3.63, 3.8) is 0 Å². The Kier molecular flexibility index (Phi) is 6.53. The van der Waals surface area contributed by atoms with E-state index >= 15 is 0 Å². The predicted octanol–water partition coefficient (Wildman–Crippen LogP) is 0.944. The number of likely N-dealkylation sites (N-methyl/N-ethyl adjacent to an activating group) is 1. The predicted molar refractivity (Wildman–Crippen MR) is 75.4 cm³/mol. The Morgan fingerprint density at radius 3 is 2.58 bits per heavy atom. The van der Waals surface area contributed by atoms with Crippen LogP contribution in [0.5, 0.6) is 0 Å². The quantitative estimate of drug-likeness (QED) is 0.841. The molecule has 0 radical (unpaired) electrons. The first kappa shape index (κ1) is 16.7. The van der Waals surface area contributed by atoms with E-state index in [0.29, 0.717) is 32.6 Å². The van der Waals surface area contributed by atoms with E-state index in [1.54, 1.807) is 4.90 Å². The Balaban J connectivity index is 0.00000180. The van der Waals surface area contributed by atoms with Crippen LogP contribution in [0.15, 0.2) is 0 Å². The first-order valence-electron chi connectivity index (χ1n) is 6.86. The molecule has 2 aliphatic rings. The summed E-state index contributed by atoms with van der Waals surface area (Å²) in [5.74, 6) is 0.0278. The van der Waals surface area contributed by atoms with Crippen molar-refractivity contribution in [2.45, 2.75) is 43.7 Å². The number of hydrogen-bond acceptors (Lipinski definition) is 4. The maximum atomic E-state index is 12.4. The molecule has 0 aromatic heterocycles. The molecule has 1 amide bonds. The molecule has 0 saturated carbocycles. The van der Waals surface area contributed by atoms with Crippen LogP contribution in [0.4, 0.5) is 0 Å². The van der Waals surface area contributed by atoms with Crippen LogP contribution in [-0.2, 0) is 14.3 Å². The lowest BCUT2D eigenvalue weighted by atomic mass is 9.89. The third-order valence-corrected chi connectivity index (χ3v) is 3.91. The van der Waals surface area contributed by atoms with Gasteiger partial charge in [-0.1, -0.05) is 0 Å². The molecule has 0 spiro atoms. The van der Waals surface area contributed by atoms with Gasteiger partial charge in [0.2, 0.25) is 5.91 Å². The van der Waals surface area contributed by atoms with Crippen LogP contribution in [0.25, 0.3) is 0 Å². The van der Waals surface area contributed by atoms with E-state index in [9.17, 15) is 4.79 Å². The highest BCUT2D eigenvalue weighted by Gasteiger charge is 2.38. The Morgan fingerprint density at radius 1 is 1.32 bits per heavy atom. The fraction of sp³-hybridized carbons (Fsp3) is 0.923. The molecule has 0 aromatic rings. The first-order chi connectivity index (χ1) is 8.62.